The topological polar surface area (TPSA) is 75.0 Å². The van der Waals surface area contributed by atoms with Crippen molar-refractivity contribution in [3.63, 3.8) is 0 Å². The van der Waals surface area contributed by atoms with Crippen LogP contribution in [-0.4, -0.2) is 32.5 Å². The molecule has 6 nitrogen and oxygen atoms in total. The fourth-order valence-corrected chi connectivity index (χ4v) is 3.80. The number of rotatable bonds is 4. The largest absolute Gasteiger partial charge is 0.435 e. The number of aromatic nitrogens is 3. The van der Waals surface area contributed by atoms with Crippen molar-refractivity contribution in [2.45, 2.75) is 72.3 Å². The van der Waals surface area contributed by atoms with Gasteiger partial charge in [-0.1, -0.05) is 19.8 Å². The standard InChI is InChI=1S/C19H28N4O2/c1-5-9-16-20-14(4)18(25-16)19(24)23-11-8-6-7-10-15(23)17-12(2)21-22-13(17)3/h15H,5-11H2,1-4H3,(H,21,22). The summed E-state index contributed by atoms with van der Waals surface area (Å²) in [7, 11) is 0. The van der Waals surface area contributed by atoms with E-state index in [4.69, 9.17) is 4.42 Å². The van der Waals surface area contributed by atoms with Gasteiger partial charge in [0.05, 0.1) is 17.4 Å². The Balaban J connectivity index is 1.95. The van der Waals surface area contributed by atoms with Crippen molar-refractivity contribution in [2.24, 2.45) is 0 Å². The molecule has 0 bridgehead atoms. The van der Waals surface area contributed by atoms with Gasteiger partial charge < -0.3 is 9.32 Å². The van der Waals surface area contributed by atoms with Gasteiger partial charge in [0.1, 0.15) is 0 Å². The molecule has 3 rings (SSSR count). The zero-order valence-corrected chi connectivity index (χ0v) is 15.7. The highest BCUT2D eigenvalue weighted by atomic mass is 16.4. The predicted octanol–water partition coefficient (Wildman–Crippen LogP) is 4.03. The lowest BCUT2D eigenvalue weighted by Crippen LogP contribution is -2.35. The van der Waals surface area contributed by atoms with Crippen LogP contribution in [0.15, 0.2) is 4.42 Å². The molecule has 2 aromatic rings. The van der Waals surface area contributed by atoms with E-state index in [1.165, 1.54) is 0 Å². The number of hydrogen-bond acceptors (Lipinski definition) is 4. The molecule has 0 spiro atoms. The molecule has 1 saturated heterocycles. The van der Waals surface area contributed by atoms with Gasteiger partial charge in [-0.2, -0.15) is 5.10 Å². The third kappa shape index (κ3) is 3.48. The number of amides is 1. The molecular formula is C19H28N4O2. The lowest BCUT2D eigenvalue weighted by Gasteiger charge is -2.30. The summed E-state index contributed by atoms with van der Waals surface area (Å²) in [6.45, 7) is 8.72. The van der Waals surface area contributed by atoms with Gasteiger partial charge in [0.15, 0.2) is 5.89 Å². The maximum Gasteiger partial charge on any atom is 0.292 e. The first-order valence-electron chi connectivity index (χ1n) is 9.31. The summed E-state index contributed by atoms with van der Waals surface area (Å²) in [5.74, 6) is 1.01. The number of carbonyl (C=O) groups is 1. The summed E-state index contributed by atoms with van der Waals surface area (Å²) in [6.07, 6.45) is 5.96. The van der Waals surface area contributed by atoms with Gasteiger partial charge in [-0.05, 0) is 40.0 Å². The van der Waals surface area contributed by atoms with E-state index < -0.39 is 0 Å². The molecule has 1 N–H and O–H groups in total. The summed E-state index contributed by atoms with van der Waals surface area (Å²) in [6, 6.07) is 0.0490. The molecule has 25 heavy (non-hydrogen) atoms. The Morgan fingerprint density at radius 1 is 1.24 bits per heavy atom. The van der Waals surface area contributed by atoms with Crippen molar-refractivity contribution in [3.05, 3.63) is 34.3 Å². The molecular weight excluding hydrogens is 316 g/mol. The molecule has 136 valence electrons. The second-order valence-corrected chi connectivity index (χ2v) is 6.98. The second-order valence-electron chi connectivity index (χ2n) is 6.98. The van der Waals surface area contributed by atoms with Crippen molar-refractivity contribution in [1.29, 1.82) is 0 Å². The monoisotopic (exact) mass is 344 g/mol. The molecule has 0 aliphatic carbocycles. The summed E-state index contributed by atoms with van der Waals surface area (Å²) in [5.41, 5.74) is 3.87. The Morgan fingerprint density at radius 3 is 2.72 bits per heavy atom. The van der Waals surface area contributed by atoms with Crippen molar-refractivity contribution < 1.29 is 9.21 Å². The fourth-order valence-electron chi connectivity index (χ4n) is 3.80. The maximum atomic E-state index is 13.3. The molecule has 1 aliphatic rings. The lowest BCUT2D eigenvalue weighted by atomic mass is 9.98. The van der Waals surface area contributed by atoms with Crippen LogP contribution in [0.3, 0.4) is 0 Å². The van der Waals surface area contributed by atoms with Crippen LogP contribution in [0.25, 0.3) is 0 Å². The first kappa shape index (κ1) is 17.7. The van der Waals surface area contributed by atoms with E-state index in [-0.39, 0.29) is 11.9 Å². The van der Waals surface area contributed by atoms with Crippen molar-refractivity contribution in [3.8, 4) is 0 Å². The van der Waals surface area contributed by atoms with Crippen LogP contribution < -0.4 is 0 Å². The van der Waals surface area contributed by atoms with Gasteiger partial charge in [-0.3, -0.25) is 9.89 Å². The number of oxazole rings is 1. The number of aryl methyl sites for hydroxylation is 4. The molecule has 1 unspecified atom stereocenters. The number of aromatic amines is 1. The molecule has 1 aliphatic heterocycles. The quantitative estimate of drug-likeness (QED) is 0.908. The number of carbonyl (C=O) groups excluding carboxylic acids is 1. The van der Waals surface area contributed by atoms with Gasteiger partial charge in [-0.15, -0.1) is 0 Å². The maximum absolute atomic E-state index is 13.3. The Hall–Kier alpha value is -2.11. The number of likely N-dealkylation sites (tertiary alicyclic amines) is 1. The Bertz CT molecular complexity index is 727. The molecule has 6 heteroatoms. The lowest BCUT2D eigenvalue weighted by molar-refractivity contribution is 0.0644. The van der Waals surface area contributed by atoms with Crippen molar-refractivity contribution >= 4 is 5.91 Å². The van der Waals surface area contributed by atoms with E-state index in [0.29, 0.717) is 17.3 Å². The zero-order valence-electron chi connectivity index (χ0n) is 15.7. The van der Waals surface area contributed by atoms with Crippen LogP contribution in [0, 0.1) is 20.8 Å². The van der Waals surface area contributed by atoms with E-state index >= 15 is 0 Å². The molecule has 0 saturated carbocycles. The first-order valence-corrected chi connectivity index (χ1v) is 9.31. The van der Waals surface area contributed by atoms with E-state index in [1.54, 1.807) is 0 Å². The van der Waals surface area contributed by atoms with Crippen LogP contribution in [0.5, 0.6) is 0 Å². The molecule has 2 aromatic heterocycles. The Kier molecular flexibility index (Phi) is 5.25. The first-order chi connectivity index (χ1) is 12.0. The van der Waals surface area contributed by atoms with E-state index in [9.17, 15) is 4.79 Å². The smallest absolute Gasteiger partial charge is 0.292 e. The predicted molar refractivity (Wildman–Crippen MR) is 95.5 cm³/mol. The SMILES string of the molecule is CCCc1nc(C)c(C(=O)N2CCCCCC2c2c(C)n[nH]c2C)o1. The minimum atomic E-state index is -0.0424. The summed E-state index contributed by atoms with van der Waals surface area (Å²) >= 11 is 0. The van der Waals surface area contributed by atoms with Crippen LogP contribution in [-0.2, 0) is 6.42 Å². The van der Waals surface area contributed by atoms with E-state index in [2.05, 4.69) is 22.1 Å². The summed E-state index contributed by atoms with van der Waals surface area (Å²) in [5, 5.41) is 7.40. The minimum Gasteiger partial charge on any atom is -0.435 e. The number of H-pyrrole nitrogens is 1. The molecule has 1 atom stereocenters. The molecule has 1 amide bonds. The highest BCUT2D eigenvalue weighted by Crippen LogP contribution is 2.34. The molecule has 1 fully saturated rings. The average molecular weight is 344 g/mol. The van der Waals surface area contributed by atoms with Gasteiger partial charge in [-0.25, -0.2) is 4.98 Å². The van der Waals surface area contributed by atoms with Crippen molar-refractivity contribution in [1.82, 2.24) is 20.1 Å². The van der Waals surface area contributed by atoms with Gasteiger partial charge in [0.25, 0.3) is 5.91 Å². The normalized spacial score (nSPS) is 18.4. The molecule has 0 radical (unpaired) electrons. The minimum absolute atomic E-state index is 0.0424. The number of nitrogens with zero attached hydrogens (tertiary/aromatic N) is 3. The van der Waals surface area contributed by atoms with Crippen LogP contribution >= 0.6 is 0 Å². The van der Waals surface area contributed by atoms with Crippen LogP contribution in [0.4, 0.5) is 0 Å². The third-order valence-electron chi connectivity index (χ3n) is 5.03. The Labute approximate surface area is 149 Å². The molecule has 0 aromatic carbocycles. The fraction of sp³-hybridized carbons (Fsp3) is 0.632. The second kappa shape index (κ2) is 7.42. The van der Waals surface area contributed by atoms with Crippen LogP contribution in [0.2, 0.25) is 0 Å². The summed E-state index contributed by atoms with van der Waals surface area (Å²) in [4.78, 5) is 19.7. The van der Waals surface area contributed by atoms with Crippen molar-refractivity contribution in [2.75, 3.05) is 6.54 Å². The Morgan fingerprint density at radius 2 is 2.04 bits per heavy atom. The average Bonchev–Trinajstić information content (AvgIpc) is 3.00. The third-order valence-corrected chi connectivity index (χ3v) is 5.03. The number of hydrogen-bond donors (Lipinski definition) is 1. The van der Waals surface area contributed by atoms with E-state index in [1.807, 2.05) is 25.7 Å². The van der Waals surface area contributed by atoms with Gasteiger partial charge in [0, 0.05) is 24.2 Å². The van der Waals surface area contributed by atoms with E-state index in [0.717, 1.165) is 62.0 Å². The number of nitrogens with one attached hydrogen (secondary N) is 1. The van der Waals surface area contributed by atoms with Gasteiger partial charge >= 0.3 is 0 Å². The zero-order chi connectivity index (χ0) is 18.0. The molecule has 3 heterocycles. The highest BCUT2D eigenvalue weighted by molar-refractivity contribution is 5.92. The highest BCUT2D eigenvalue weighted by Gasteiger charge is 2.33. The van der Waals surface area contributed by atoms with Crippen LogP contribution in [0.1, 0.15) is 84.2 Å². The summed E-state index contributed by atoms with van der Waals surface area (Å²) < 4.78 is 5.81. The van der Waals surface area contributed by atoms with Gasteiger partial charge in [0.2, 0.25) is 5.76 Å².